The number of carbonyl (C=O) groups excluding carboxylic acids is 2. The van der Waals surface area contributed by atoms with E-state index >= 15 is 0 Å². The van der Waals surface area contributed by atoms with Gasteiger partial charge in [0, 0.05) is 12.0 Å². The molecule has 0 saturated carbocycles. The first kappa shape index (κ1) is 18.2. The molecule has 0 aromatic heterocycles. The van der Waals surface area contributed by atoms with Crippen molar-refractivity contribution in [1.29, 1.82) is 0 Å². The summed E-state index contributed by atoms with van der Waals surface area (Å²) in [5, 5.41) is 2.71. The highest BCUT2D eigenvalue weighted by molar-refractivity contribution is 5.87. The van der Waals surface area contributed by atoms with Gasteiger partial charge in [-0.05, 0) is 19.8 Å². The standard InChI is InChI=1S/C13H26N4O3/c1-5-20-10(18)9(7-6-8-16-12(14)15)17-11(19)13(2,3)4/h9H,5-8H2,1-4H3,(H,17,19)(H4,14,15,16). The van der Waals surface area contributed by atoms with Gasteiger partial charge in [0.1, 0.15) is 6.04 Å². The average molecular weight is 286 g/mol. The van der Waals surface area contributed by atoms with Crippen LogP contribution in [0.2, 0.25) is 0 Å². The second kappa shape index (κ2) is 8.39. The first-order valence-corrected chi connectivity index (χ1v) is 6.71. The van der Waals surface area contributed by atoms with Crippen LogP contribution in [0.5, 0.6) is 0 Å². The fourth-order valence-corrected chi connectivity index (χ4v) is 1.37. The zero-order valence-corrected chi connectivity index (χ0v) is 12.7. The maximum Gasteiger partial charge on any atom is 0.328 e. The van der Waals surface area contributed by atoms with E-state index in [0.29, 0.717) is 19.4 Å². The highest BCUT2D eigenvalue weighted by Crippen LogP contribution is 2.14. The van der Waals surface area contributed by atoms with Gasteiger partial charge >= 0.3 is 5.97 Å². The first-order chi connectivity index (χ1) is 9.18. The molecular weight excluding hydrogens is 260 g/mol. The predicted molar refractivity (Wildman–Crippen MR) is 77.9 cm³/mol. The third kappa shape index (κ3) is 7.60. The summed E-state index contributed by atoms with van der Waals surface area (Å²) in [6.07, 6.45) is 1.00. The second-order valence-corrected chi connectivity index (χ2v) is 5.48. The van der Waals surface area contributed by atoms with Crippen LogP contribution in [-0.2, 0) is 14.3 Å². The molecule has 0 aromatic carbocycles. The third-order valence-electron chi connectivity index (χ3n) is 2.50. The Morgan fingerprint density at radius 1 is 1.30 bits per heavy atom. The van der Waals surface area contributed by atoms with Crippen molar-refractivity contribution in [1.82, 2.24) is 5.32 Å². The third-order valence-corrected chi connectivity index (χ3v) is 2.50. The van der Waals surface area contributed by atoms with Crippen molar-refractivity contribution >= 4 is 17.8 Å². The molecule has 0 aliphatic heterocycles. The van der Waals surface area contributed by atoms with E-state index < -0.39 is 17.4 Å². The van der Waals surface area contributed by atoms with Crippen LogP contribution in [0.25, 0.3) is 0 Å². The van der Waals surface area contributed by atoms with Gasteiger partial charge in [0.25, 0.3) is 0 Å². The number of aliphatic imine (C=N–C) groups is 1. The number of rotatable bonds is 7. The SMILES string of the molecule is CCOC(=O)C(CCCN=C(N)N)NC(=O)C(C)(C)C. The number of nitrogens with two attached hydrogens (primary N) is 2. The molecular formula is C13H26N4O3. The van der Waals surface area contributed by atoms with Crippen molar-refractivity contribution in [2.45, 2.75) is 46.6 Å². The molecule has 0 saturated heterocycles. The maximum absolute atomic E-state index is 11.9. The number of carbonyl (C=O) groups is 2. The van der Waals surface area contributed by atoms with Gasteiger partial charge in [0.05, 0.1) is 6.61 Å². The van der Waals surface area contributed by atoms with E-state index in [9.17, 15) is 9.59 Å². The summed E-state index contributed by atoms with van der Waals surface area (Å²) in [7, 11) is 0. The molecule has 1 amide bonds. The van der Waals surface area contributed by atoms with Gasteiger partial charge in [-0.3, -0.25) is 9.79 Å². The molecule has 0 aliphatic carbocycles. The number of amides is 1. The lowest BCUT2D eigenvalue weighted by atomic mass is 9.95. The van der Waals surface area contributed by atoms with Crippen LogP contribution in [0.4, 0.5) is 0 Å². The van der Waals surface area contributed by atoms with Crippen LogP contribution in [0.15, 0.2) is 4.99 Å². The van der Waals surface area contributed by atoms with E-state index in [1.165, 1.54) is 0 Å². The van der Waals surface area contributed by atoms with E-state index in [0.717, 1.165) is 0 Å². The second-order valence-electron chi connectivity index (χ2n) is 5.48. The van der Waals surface area contributed by atoms with E-state index in [1.54, 1.807) is 27.7 Å². The number of ether oxygens (including phenoxy) is 1. The monoisotopic (exact) mass is 286 g/mol. The fourth-order valence-electron chi connectivity index (χ4n) is 1.37. The van der Waals surface area contributed by atoms with Crippen LogP contribution in [0.3, 0.4) is 0 Å². The summed E-state index contributed by atoms with van der Waals surface area (Å²) in [5.41, 5.74) is 9.88. The Bertz CT molecular complexity index is 357. The van der Waals surface area contributed by atoms with E-state index in [-0.39, 0.29) is 18.5 Å². The molecule has 116 valence electrons. The summed E-state index contributed by atoms with van der Waals surface area (Å²) in [6, 6.07) is -0.670. The number of hydrogen-bond acceptors (Lipinski definition) is 4. The van der Waals surface area contributed by atoms with Gasteiger partial charge < -0.3 is 21.5 Å². The van der Waals surface area contributed by atoms with Crippen molar-refractivity contribution in [2.75, 3.05) is 13.2 Å². The van der Waals surface area contributed by atoms with E-state index in [1.807, 2.05) is 0 Å². The molecule has 0 aliphatic rings. The lowest BCUT2D eigenvalue weighted by Gasteiger charge is -2.23. The highest BCUT2D eigenvalue weighted by Gasteiger charge is 2.27. The number of guanidine groups is 1. The summed E-state index contributed by atoms with van der Waals surface area (Å²) in [5.74, 6) is -0.622. The minimum absolute atomic E-state index is 0.0106. The Morgan fingerprint density at radius 2 is 1.90 bits per heavy atom. The van der Waals surface area contributed by atoms with Crippen LogP contribution in [-0.4, -0.2) is 37.0 Å². The molecule has 20 heavy (non-hydrogen) atoms. The van der Waals surface area contributed by atoms with Crippen LogP contribution in [0, 0.1) is 5.41 Å². The Kier molecular flexibility index (Phi) is 7.64. The Labute approximate surface area is 120 Å². The lowest BCUT2D eigenvalue weighted by Crippen LogP contribution is -2.46. The van der Waals surface area contributed by atoms with E-state index in [4.69, 9.17) is 16.2 Å². The Morgan fingerprint density at radius 3 is 2.35 bits per heavy atom. The zero-order valence-electron chi connectivity index (χ0n) is 12.7. The van der Waals surface area contributed by atoms with Crippen LogP contribution < -0.4 is 16.8 Å². The molecule has 0 heterocycles. The molecule has 1 unspecified atom stereocenters. The van der Waals surface area contributed by atoms with Crippen molar-refractivity contribution in [3.05, 3.63) is 0 Å². The van der Waals surface area contributed by atoms with Crippen molar-refractivity contribution < 1.29 is 14.3 Å². The van der Waals surface area contributed by atoms with Crippen molar-refractivity contribution in [2.24, 2.45) is 21.9 Å². The number of hydrogen-bond donors (Lipinski definition) is 3. The number of nitrogens with zero attached hydrogens (tertiary/aromatic N) is 1. The molecule has 0 bridgehead atoms. The first-order valence-electron chi connectivity index (χ1n) is 6.71. The largest absolute Gasteiger partial charge is 0.464 e. The molecule has 0 rings (SSSR count). The van der Waals surface area contributed by atoms with Crippen LogP contribution >= 0.6 is 0 Å². The Balaban J connectivity index is 4.54. The van der Waals surface area contributed by atoms with Gasteiger partial charge in [-0.2, -0.15) is 0 Å². The average Bonchev–Trinajstić information content (AvgIpc) is 2.31. The molecule has 5 N–H and O–H groups in total. The lowest BCUT2D eigenvalue weighted by molar-refractivity contribution is -0.148. The summed E-state index contributed by atoms with van der Waals surface area (Å²) < 4.78 is 4.96. The minimum Gasteiger partial charge on any atom is -0.464 e. The quantitative estimate of drug-likeness (QED) is 0.266. The molecule has 0 spiro atoms. The molecule has 0 aromatic rings. The van der Waals surface area contributed by atoms with Crippen molar-refractivity contribution in [3.63, 3.8) is 0 Å². The van der Waals surface area contributed by atoms with Gasteiger partial charge in [0.2, 0.25) is 5.91 Å². The highest BCUT2D eigenvalue weighted by atomic mass is 16.5. The fraction of sp³-hybridized carbons (Fsp3) is 0.769. The summed E-state index contributed by atoms with van der Waals surface area (Å²) in [4.78, 5) is 27.6. The molecule has 0 radical (unpaired) electrons. The minimum atomic E-state index is -0.670. The zero-order chi connectivity index (χ0) is 15.8. The van der Waals surface area contributed by atoms with Crippen molar-refractivity contribution in [3.8, 4) is 0 Å². The number of esters is 1. The topological polar surface area (TPSA) is 120 Å². The number of nitrogens with one attached hydrogen (secondary N) is 1. The maximum atomic E-state index is 11.9. The van der Waals surface area contributed by atoms with Gasteiger partial charge in [-0.15, -0.1) is 0 Å². The Hall–Kier alpha value is -1.79. The van der Waals surface area contributed by atoms with E-state index in [2.05, 4.69) is 10.3 Å². The molecule has 7 heteroatoms. The molecule has 1 atom stereocenters. The molecule has 0 fully saturated rings. The summed E-state index contributed by atoms with van der Waals surface area (Å²) >= 11 is 0. The molecule has 7 nitrogen and oxygen atoms in total. The summed E-state index contributed by atoms with van der Waals surface area (Å²) in [6.45, 7) is 7.75. The van der Waals surface area contributed by atoms with Crippen LogP contribution in [0.1, 0.15) is 40.5 Å². The van der Waals surface area contributed by atoms with Gasteiger partial charge in [0.15, 0.2) is 5.96 Å². The van der Waals surface area contributed by atoms with Gasteiger partial charge in [-0.25, -0.2) is 4.79 Å². The predicted octanol–water partition coefficient (Wildman–Crippen LogP) is 0.134. The smallest absolute Gasteiger partial charge is 0.328 e. The normalized spacial score (nSPS) is 12.4. The van der Waals surface area contributed by atoms with Gasteiger partial charge in [-0.1, -0.05) is 20.8 Å².